The first-order chi connectivity index (χ1) is 5.83. The van der Waals surface area contributed by atoms with Gasteiger partial charge in [0.05, 0.1) is 0 Å². The van der Waals surface area contributed by atoms with Gasteiger partial charge in [-0.05, 0) is 24.3 Å². The highest BCUT2D eigenvalue weighted by atomic mass is 14.0. The summed E-state index contributed by atoms with van der Waals surface area (Å²) in [6.45, 7) is 5.98. The van der Waals surface area contributed by atoms with E-state index in [1.54, 1.807) is 0 Å². The van der Waals surface area contributed by atoms with Crippen LogP contribution >= 0.6 is 0 Å². The fourth-order valence-electron chi connectivity index (χ4n) is 1.16. The second-order valence-corrected chi connectivity index (χ2v) is 3.24. The maximum absolute atomic E-state index is 3.77. The summed E-state index contributed by atoms with van der Waals surface area (Å²) in [7, 11) is 0. The summed E-state index contributed by atoms with van der Waals surface area (Å²) in [6, 6.07) is 10.6. The van der Waals surface area contributed by atoms with Crippen molar-refractivity contribution in [3.8, 4) is 0 Å². The molecule has 0 aromatic heterocycles. The summed E-state index contributed by atoms with van der Waals surface area (Å²) in [5.41, 5.74) is 1.42. The number of hydrogen-bond acceptors (Lipinski definition) is 0. The van der Waals surface area contributed by atoms with Crippen molar-refractivity contribution in [3.63, 3.8) is 0 Å². The van der Waals surface area contributed by atoms with Crippen molar-refractivity contribution >= 4 is 0 Å². The highest BCUT2D eigenvalue weighted by Crippen LogP contribution is 2.09. The fraction of sp³-hybridized carbons (Fsp3) is 0.333. The van der Waals surface area contributed by atoms with E-state index >= 15 is 0 Å². The predicted octanol–water partition coefficient (Wildman–Crippen LogP) is 3.44. The lowest BCUT2D eigenvalue weighted by molar-refractivity contribution is 0.649. The standard InChI is InChI=1S/C12H16/c1-3-11(2)9-10-12-7-5-4-6-8-12/h3-8,11H,1,9-10H2,2H3/t11-/m1/s1. The van der Waals surface area contributed by atoms with Crippen LogP contribution in [0, 0.1) is 5.92 Å². The SMILES string of the molecule is C=C[C@@H](C)CCc1ccccc1. The molecule has 0 aliphatic heterocycles. The van der Waals surface area contributed by atoms with Crippen LogP contribution in [0.4, 0.5) is 0 Å². The summed E-state index contributed by atoms with van der Waals surface area (Å²) < 4.78 is 0. The number of benzene rings is 1. The van der Waals surface area contributed by atoms with Gasteiger partial charge in [0.15, 0.2) is 0 Å². The summed E-state index contributed by atoms with van der Waals surface area (Å²) in [5, 5.41) is 0. The third kappa shape index (κ3) is 2.91. The van der Waals surface area contributed by atoms with Crippen LogP contribution in [0.1, 0.15) is 18.9 Å². The van der Waals surface area contributed by atoms with E-state index in [4.69, 9.17) is 0 Å². The molecule has 0 nitrogen and oxygen atoms in total. The van der Waals surface area contributed by atoms with Gasteiger partial charge in [-0.15, -0.1) is 6.58 Å². The van der Waals surface area contributed by atoms with E-state index in [-0.39, 0.29) is 0 Å². The van der Waals surface area contributed by atoms with Crippen LogP contribution in [0.5, 0.6) is 0 Å². The maximum Gasteiger partial charge on any atom is -0.0261 e. The Labute approximate surface area is 74.9 Å². The Morgan fingerprint density at radius 3 is 2.58 bits per heavy atom. The molecule has 0 heterocycles. The second-order valence-electron chi connectivity index (χ2n) is 3.24. The minimum absolute atomic E-state index is 0.630. The second kappa shape index (κ2) is 4.76. The van der Waals surface area contributed by atoms with Gasteiger partial charge in [-0.1, -0.05) is 43.3 Å². The van der Waals surface area contributed by atoms with Crippen molar-refractivity contribution in [2.24, 2.45) is 5.92 Å². The van der Waals surface area contributed by atoms with E-state index in [0.717, 1.165) is 6.42 Å². The molecule has 0 fully saturated rings. The van der Waals surface area contributed by atoms with Gasteiger partial charge in [-0.3, -0.25) is 0 Å². The van der Waals surface area contributed by atoms with Gasteiger partial charge in [0.25, 0.3) is 0 Å². The molecule has 0 aliphatic rings. The lowest BCUT2D eigenvalue weighted by atomic mass is 10.0. The molecule has 0 radical (unpaired) electrons. The average molecular weight is 160 g/mol. The third-order valence-electron chi connectivity index (χ3n) is 2.13. The summed E-state index contributed by atoms with van der Waals surface area (Å²) in [5.74, 6) is 0.630. The van der Waals surface area contributed by atoms with E-state index in [9.17, 15) is 0 Å². The number of aryl methyl sites for hydroxylation is 1. The first-order valence-corrected chi connectivity index (χ1v) is 4.49. The molecule has 64 valence electrons. The minimum Gasteiger partial charge on any atom is -0.103 e. The molecule has 1 rings (SSSR count). The Morgan fingerprint density at radius 1 is 1.33 bits per heavy atom. The number of rotatable bonds is 4. The van der Waals surface area contributed by atoms with Crippen LogP contribution < -0.4 is 0 Å². The van der Waals surface area contributed by atoms with Crippen molar-refractivity contribution < 1.29 is 0 Å². The van der Waals surface area contributed by atoms with Crippen LogP contribution in [0.15, 0.2) is 43.0 Å². The molecule has 1 aromatic rings. The van der Waals surface area contributed by atoms with E-state index in [1.165, 1.54) is 12.0 Å². The fourth-order valence-corrected chi connectivity index (χ4v) is 1.16. The Hall–Kier alpha value is -1.04. The van der Waals surface area contributed by atoms with Crippen LogP contribution in [0.25, 0.3) is 0 Å². The maximum atomic E-state index is 3.77. The third-order valence-corrected chi connectivity index (χ3v) is 2.13. The van der Waals surface area contributed by atoms with Crippen molar-refractivity contribution in [1.29, 1.82) is 0 Å². The van der Waals surface area contributed by atoms with Gasteiger partial charge in [0.2, 0.25) is 0 Å². The highest BCUT2D eigenvalue weighted by molar-refractivity contribution is 5.14. The van der Waals surface area contributed by atoms with Crippen molar-refractivity contribution in [2.45, 2.75) is 19.8 Å². The molecular weight excluding hydrogens is 144 g/mol. The number of allylic oxidation sites excluding steroid dienone is 1. The lowest BCUT2D eigenvalue weighted by Crippen LogP contribution is -1.92. The molecular formula is C12H16. The van der Waals surface area contributed by atoms with Crippen molar-refractivity contribution in [1.82, 2.24) is 0 Å². The van der Waals surface area contributed by atoms with Crippen molar-refractivity contribution in [2.75, 3.05) is 0 Å². The molecule has 0 heteroatoms. The van der Waals surface area contributed by atoms with E-state index in [1.807, 2.05) is 6.08 Å². The largest absolute Gasteiger partial charge is 0.103 e. The van der Waals surface area contributed by atoms with E-state index < -0.39 is 0 Å². The van der Waals surface area contributed by atoms with Crippen molar-refractivity contribution in [3.05, 3.63) is 48.6 Å². The van der Waals surface area contributed by atoms with Crippen LogP contribution in [-0.2, 0) is 6.42 Å². The molecule has 0 spiro atoms. The van der Waals surface area contributed by atoms with Gasteiger partial charge in [0.1, 0.15) is 0 Å². The van der Waals surface area contributed by atoms with Gasteiger partial charge in [-0.25, -0.2) is 0 Å². The molecule has 0 N–H and O–H groups in total. The highest BCUT2D eigenvalue weighted by Gasteiger charge is 1.96. The normalized spacial score (nSPS) is 12.4. The Bertz CT molecular complexity index is 223. The molecule has 0 aliphatic carbocycles. The van der Waals surface area contributed by atoms with Gasteiger partial charge >= 0.3 is 0 Å². The molecule has 0 saturated heterocycles. The average Bonchev–Trinajstić information content (AvgIpc) is 2.16. The molecule has 0 unspecified atom stereocenters. The zero-order valence-electron chi connectivity index (χ0n) is 7.66. The molecule has 0 bridgehead atoms. The first kappa shape index (κ1) is 9.05. The Balaban J connectivity index is 2.38. The first-order valence-electron chi connectivity index (χ1n) is 4.49. The summed E-state index contributed by atoms with van der Waals surface area (Å²) >= 11 is 0. The summed E-state index contributed by atoms with van der Waals surface area (Å²) in [4.78, 5) is 0. The van der Waals surface area contributed by atoms with Gasteiger partial charge in [-0.2, -0.15) is 0 Å². The zero-order valence-corrected chi connectivity index (χ0v) is 7.66. The van der Waals surface area contributed by atoms with Crippen LogP contribution in [-0.4, -0.2) is 0 Å². The molecule has 1 aromatic carbocycles. The predicted molar refractivity (Wildman–Crippen MR) is 54.1 cm³/mol. The zero-order chi connectivity index (χ0) is 8.81. The van der Waals surface area contributed by atoms with Crippen LogP contribution in [0.2, 0.25) is 0 Å². The monoisotopic (exact) mass is 160 g/mol. The molecule has 12 heavy (non-hydrogen) atoms. The topological polar surface area (TPSA) is 0 Å². The van der Waals surface area contributed by atoms with Gasteiger partial charge < -0.3 is 0 Å². The quantitative estimate of drug-likeness (QED) is 0.592. The lowest BCUT2D eigenvalue weighted by Gasteiger charge is -2.04. The summed E-state index contributed by atoms with van der Waals surface area (Å²) in [6.07, 6.45) is 4.38. The Morgan fingerprint density at radius 2 is 2.00 bits per heavy atom. The minimum atomic E-state index is 0.630. The molecule has 0 saturated carbocycles. The van der Waals surface area contributed by atoms with Gasteiger partial charge in [0, 0.05) is 0 Å². The van der Waals surface area contributed by atoms with Crippen LogP contribution in [0.3, 0.4) is 0 Å². The van der Waals surface area contributed by atoms with E-state index in [0.29, 0.717) is 5.92 Å². The number of hydrogen-bond donors (Lipinski definition) is 0. The van der Waals surface area contributed by atoms with E-state index in [2.05, 4.69) is 43.8 Å². The molecule has 1 atom stereocenters. The smallest absolute Gasteiger partial charge is 0.0261 e. The molecule has 0 amide bonds. The Kier molecular flexibility index (Phi) is 3.59.